The number of rotatable bonds is 4. The van der Waals surface area contributed by atoms with E-state index in [-0.39, 0.29) is 5.56 Å². The van der Waals surface area contributed by atoms with Gasteiger partial charge in [0.15, 0.2) is 0 Å². The van der Waals surface area contributed by atoms with Crippen LogP contribution >= 0.6 is 11.3 Å². The van der Waals surface area contributed by atoms with Crippen molar-refractivity contribution in [2.45, 2.75) is 26.8 Å². The second kappa shape index (κ2) is 4.17. The second-order valence-corrected chi connectivity index (χ2v) is 6.58. The quantitative estimate of drug-likeness (QED) is 0.888. The van der Waals surface area contributed by atoms with Gasteiger partial charge in [0.05, 0.1) is 12.1 Å². The number of aromatic amines is 1. The lowest BCUT2D eigenvalue weighted by Crippen LogP contribution is -2.21. The molecule has 18 heavy (non-hydrogen) atoms. The van der Waals surface area contributed by atoms with E-state index in [0.29, 0.717) is 16.7 Å². The summed E-state index contributed by atoms with van der Waals surface area (Å²) in [6.45, 7) is 6.21. The molecule has 0 bridgehead atoms. The minimum absolute atomic E-state index is 0.0291. The Balaban J connectivity index is 1.66. The first kappa shape index (κ1) is 11.9. The SMILES string of the molecule is CC1(C)CC1CNCc1nc2ccsc2c(=O)[nH]1. The maximum atomic E-state index is 11.8. The molecule has 2 aromatic heterocycles. The topological polar surface area (TPSA) is 57.8 Å². The van der Waals surface area contributed by atoms with Gasteiger partial charge < -0.3 is 10.3 Å². The molecule has 5 heteroatoms. The molecule has 0 spiro atoms. The van der Waals surface area contributed by atoms with Crippen LogP contribution in [0.3, 0.4) is 0 Å². The lowest BCUT2D eigenvalue weighted by molar-refractivity contribution is 0.515. The number of hydrogen-bond acceptors (Lipinski definition) is 4. The molecule has 0 aliphatic heterocycles. The fourth-order valence-corrected chi connectivity index (χ4v) is 3.02. The molecule has 2 N–H and O–H groups in total. The largest absolute Gasteiger partial charge is 0.310 e. The Morgan fingerprint density at radius 3 is 3.11 bits per heavy atom. The lowest BCUT2D eigenvalue weighted by atomic mass is 10.1. The van der Waals surface area contributed by atoms with E-state index < -0.39 is 0 Å². The molecule has 1 fully saturated rings. The molecule has 1 atom stereocenters. The summed E-state index contributed by atoms with van der Waals surface area (Å²) in [4.78, 5) is 19.0. The summed E-state index contributed by atoms with van der Waals surface area (Å²) in [6, 6.07) is 1.89. The standard InChI is InChI=1S/C13H17N3OS/c1-13(2)5-8(13)6-14-7-10-15-9-3-4-18-11(9)12(17)16-10/h3-4,8,14H,5-7H2,1-2H3,(H,15,16,17). The normalized spacial score (nSPS) is 21.3. The van der Waals surface area contributed by atoms with E-state index in [4.69, 9.17) is 0 Å². The second-order valence-electron chi connectivity index (χ2n) is 5.67. The Bertz CT molecular complexity index is 628. The summed E-state index contributed by atoms with van der Waals surface area (Å²) >= 11 is 1.43. The molecule has 3 rings (SSSR count). The maximum Gasteiger partial charge on any atom is 0.268 e. The molecule has 2 heterocycles. The summed E-state index contributed by atoms with van der Waals surface area (Å²) in [7, 11) is 0. The van der Waals surface area contributed by atoms with Crippen molar-refractivity contribution >= 4 is 21.6 Å². The Hall–Kier alpha value is -1.20. The van der Waals surface area contributed by atoms with Gasteiger partial charge in [0.2, 0.25) is 0 Å². The van der Waals surface area contributed by atoms with Crippen LogP contribution in [0.4, 0.5) is 0 Å². The molecule has 96 valence electrons. The summed E-state index contributed by atoms with van der Waals surface area (Å²) in [5.74, 6) is 1.48. The molecular formula is C13H17N3OS. The summed E-state index contributed by atoms with van der Waals surface area (Å²) < 4.78 is 0.710. The molecule has 0 saturated heterocycles. The van der Waals surface area contributed by atoms with Crippen molar-refractivity contribution in [2.75, 3.05) is 6.54 Å². The average molecular weight is 263 g/mol. The third-order valence-electron chi connectivity index (χ3n) is 3.76. The maximum absolute atomic E-state index is 11.8. The van der Waals surface area contributed by atoms with Gasteiger partial charge >= 0.3 is 0 Å². The van der Waals surface area contributed by atoms with Gasteiger partial charge in [0, 0.05) is 0 Å². The van der Waals surface area contributed by atoms with Crippen LogP contribution in [-0.2, 0) is 6.54 Å². The van der Waals surface area contributed by atoms with E-state index in [2.05, 4.69) is 29.1 Å². The molecule has 1 aliphatic rings. The molecule has 0 aromatic carbocycles. The van der Waals surface area contributed by atoms with Crippen LogP contribution in [0.1, 0.15) is 26.1 Å². The Morgan fingerprint density at radius 1 is 1.61 bits per heavy atom. The molecule has 2 aromatic rings. The van der Waals surface area contributed by atoms with Gasteiger partial charge in [-0.05, 0) is 35.7 Å². The molecule has 1 aliphatic carbocycles. The Labute approximate surface area is 109 Å². The fraction of sp³-hybridized carbons (Fsp3) is 0.538. The smallest absolute Gasteiger partial charge is 0.268 e. The zero-order valence-electron chi connectivity index (χ0n) is 10.6. The number of aromatic nitrogens is 2. The van der Waals surface area contributed by atoms with Gasteiger partial charge in [0.1, 0.15) is 10.5 Å². The molecule has 0 radical (unpaired) electrons. The van der Waals surface area contributed by atoms with Crippen molar-refractivity contribution in [1.29, 1.82) is 0 Å². The number of fused-ring (bicyclic) bond motifs is 1. The van der Waals surface area contributed by atoms with Crippen molar-refractivity contribution in [3.8, 4) is 0 Å². The van der Waals surface area contributed by atoms with Gasteiger partial charge in [-0.1, -0.05) is 13.8 Å². The van der Waals surface area contributed by atoms with E-state index in [1.54, 1.807) is 0 Å². The van der Waals surface area contributed by atoms with Crippen molar-refractivity contribution in [2.24, 2.45) is 11.3 Å². The Kier molecular flexibility index (Phi) is 2.75. The van der Waals surface area contributed by atoms with Crippen LogP contribution in [-0.4, -0.2) is 16.5 Å². The highest BCUT2D eigenvalue weighted by atomic mass is 32.1. The molecule has 1 unspecified atom stereocenters. The molecular weight excluding hydrogens is 246 g/mol. The van der Waals surface area contributed by atoms with Gasteiger partial charge in [-0.15, -0.1) is 11.3 Å². The van der Waals surface area contributed by atoms with Gasteiger partial charge in [0.25, 0.3) is 5.56 Å². The van der Waals surface area contributed by atoms with Crippen LogP contribution in [0.2, 0.25) is 0 Å². The third kappa shape index (κ3) is 2.20. The number of hydrogen-bond donors (Lipinski definition) is 2. The van der Waals surface area contributed by atoms with Crippen LogP contribution in [0.25, 0.3) is 10.2 Å². The van der Waals surface area contributed by atoms with E-state index >= 15 is 0 Å². The predicted molar refractivity (Wildman–Crippen MR) is 73.8 cm³/mol. The zero-order chi connectivity index (χ0) is 12.8. The first-order valence-electron chi connectivity index (χ1n) is 6.23. The molecule has 4 nitrogen and oxygen atoms in total. The summed E-state index contributed by atoms with van der Waals surface area (Å²) in [6.07, 6.45) is 1.29. The highest BCUT2D eigenvalue weighted by Gasteiger charge is 2.44. The average Bonchev–Trinajstić information content (AvgIpc) is 2.75. The van der Waals surface area contributed by atoms with Crippen molar-refractivity contribution in [1.82, 2.24) is 15.3 Å². The zero-order valence-corrected chi connectivity index (χ0v) is 11.4. The van der Waals surface area contributed by atoms with Crippen LogP contribution in [0.15, 0.2) is 16.2 Å². The fourth-order valence-electron chi connectivity index (χ4n) is 2.29. The number of nitrogens with one attached hydrogen (secondary N) is 2. The third-order valence-corrected chi connectivity index (χ3v) is 4.67. The predicted octanol–water partition coefficient (Wildman–Crippen LogP) is 2.12. The van der Waals surface area contributed by atoms with E-state index in [1.807, 2.05) is 11.4 Å². The van der Waals surface area contributed by atoms with Crippen LogP contribution < -0.4 is 10.9 Å². The van der Waals surface area contributed by atoms with Crippen molar-refractivity contribution < 1.29 is 0 Å². The number of nitrogens with zero attached hydrogens (tertiary/aromatic N) is 1. The lowest BCUT2D eigenvalue weighted by Gasteiger charge is -2.05. The minimum atomic E-state index is -0.0291. The van der Waals surface area contributed by atoms with Gasteiger partial charge in [-0.3, -0.25) is 4.79 Å². The monoisotopic (exact) mass is 263 g/mol. The van der Waals surface area contributed by atoms with Gasteiger partial charge in [-0.2, -0.15) is 0 Å². The Morgan fingerprint density at radius 2 is 2.39 bits per heavy atom. The van der Waals surface area contributed by atoms with Gasteiger partial charge in [-0.25, -0.2) is 4.98 Å². The first-order valence-corrected chi connectivity index (χ1v) is 7.11. The van der Waals surface area contributed by atoms with Crippen molar-refractivity contribution in [3.05, 3.63) is 27.6 Å². The van der Waals surface area contributed by atoms with Crippen LogP contribution in [0, 0.1) is 11.3 Å². The van der Waals surface area contributed by atoms with Crippen molar-refractivity contribution in [3.63, 3.8) is 0 Å². The first-order chi connectivity index (χ1) is 8.56. The molecule has 1 saturated carbocycles. The summed E-state index contributed by atoms with van der Waals surface area (Å²) in [5.41, 5.74) is 1.26. The highest BCUT2D eigenvalue weighted by Crippen LogP contribution is 2.50. The van der Waals surface area contributed by atoms with E-state index in [1.165, 1.54) is 17.8 Å². The minimum Gasteiger partial charge on any atom is -0.310 e. The summed E-state index contributed by atoms with van der Waals surface area (Å²) in [5, 5.41) is 5.27. The number of thiophene rings is 1. The van der Waals surface area contributed by atoms with E-state index in [0.717, 1.165) is 23.8 Å². The number of H-pyrrole nitrogens is 1. The van der Waals surface area contributed by atoms with Crippen LogP contribution in [0.5, 0.6) is 0 Å². The highest BCUT2D eigenvalue weighted by molar-refractivity contribution is 7.17. The van der Waals surface area contributed by atoms with E-state index in [9.17, 15) is 4.79 Å². The molecule has 0 amide bonds.